The molecule has 3 heterocycles. The van der Waals surface area contributed by atoms with Crippen molar-refractivity contribution in [3.8, 4) is 5.75 Å². The molecule has 3 fully saturated rings. The number of carbonyl (C=O) groups excluding carboxylic acids is 2. The molecule has 0 unspecified atom stereocenters. The van der Waals surface area contributed by atoms with Crippen LogP contribution in [0.15, 0.2) is 24.3 Å². The average molecular weight is 629 g/mol. The van der Waals surface area contributed by atoms with Crippen LogP contribution in [0, 0.1) is 5.92 Å². The van der Waals surface area contributed by atoms with Crippen molar-refractivity contribution in [3.05, 3.63) is 29.8 Å². The molecule has 4 aliphatic rings. The molecule has 2 N–H and O–H groups in total. The summed E-state index contributed by atoms with van der Waals surface area (Å²) >= 11 is 0. The SMILES string of the molecule is CCOCCO[C@@H]1C[C@@H]2CN(C(=O)[C@H](C3CCCCC3)N(C(=O)O)C(C)(C)C)[C@H](C(=O)N[C@@H]3CCOc4ccccc43)CN2C1. The van der Waals surface area contributed by atoms with Crippen molar-refractivity contribution in [1.82, 2.24) is 20.0 Å². The van der Waals surface area contributed by atoms with Crippen LogP contribution >= 0.6 is 0 Å². The number of hydrogen-bond acceptors (Lipinski definition) is 7. The van der Waals surface area contributed by atoms with Crippen molar-refractivity contribution in [2.45, 2.75) is 108 Å². The first kappa shape index (κ1) is 33.5. The molecule has 1 aromatic rings. The van der Waals surface area contributed by atoms with E-state index in [1.807, 2.05) is 52.0 Å². The second kappa shape index (κ2) is 14.7. The van der Waals surface area contributed by atoms with Crippen molar-refractivity contribution < 1.29 is 33.7 Å². The minimum Gasteiger partial charge on any atom is -0.493 e. The van der Waals surface area contributed by atoms with Crippen LogP contribution in [0.1, 0.15) is 84.2 Å². The normalized spacial score (nSPS) is 26.4. The minimum atomic E-state index is -1.10. The van der Waals surface area contributed by atoms with Gasteiger partial charge in [-0.3, -0.25) is 19.4 Å². The summed E-state index contributed by atoms with van der Waals surface area (Å²) in [5.41, 5.74) is 0.138. The summed E-state index contributed by atoms with van der Waals surface area (Å²) in [7, 11) is 0. The van der Waals surface area contributed by atoms with Crippen LogP contribution in [-0.4, -0.2) is 114 Å². The van der Waals surface area contributed by atoms with Crippen LogP contribution in [-0.2, 0) is 19.1 Å². The molecule has 1 aromatic carbocycles. The molecular weight excluding hydrogens is 576 g/mol. The number of nitrogens with zero attached hydrogens (tertiary/aromatic N) is 3. The smallest absolute Gasteiger partial charge is 0.408 e. The van der Waals surface area contributed by atoms with E-state index < -0.39 is 23.7 Å². The van der Waals surface area contributed by atoms with Gasteiger partial charge in [0.05, 0.1) is 32.0 Å². The van der Waals surface area contributed by atoms with Gasteiger partial charge in [-0.05, 0) is 58.9 Å². The molecule has 250 valence electrons. The molecule has 1 saturated carbocycles. The van der Waals surface area contributed by atoms with Gasteiger partial charge in [-0.15, -0.1) is 0 Å². The zero-order valence-electron chi connectivity index (χ0n) is 27.4. The summed E-state index contributed by atoms with van der Waals surface area (Å²) in [6.07, 6.45) is 4.87. The molecule has 0 bridgehead atoms. The second-order valence-electron chi connectivity index (χ2n) is 13.9. The highest BCUT2D eigenvalue weighted by Crippen LogP contribution is 2.36. The van der Waals surface area contributed by atoms with Crippen molar-refractivity contribution >= 4 is 17.9 Å². The van der Waals surface area contributed by atoms with Crippen LogP contribution < -0.4 is 10.1 Å². The predicted molar refractivity (Wildman–Crippen MR) is 169 cm³/mol. The topological polar surface area (TPSA) is 121 Å². The molecule has 5 rings (SSSR count). The maximum absolute atomic E-state index is 14.9. The van der Waals surface area contributed by atoms with E-state index in [4.69, 9.17) is 14.2 Å². The van der Waals surface area contributed by atoms with E-state index in [-0.39, 0.29) is 35.9 Å². The third-order valence-corrected chi connectivity index (χ3v) is 9.88. The molecular formula is C34H52N4O7. The van der Waals surface area contributed by atoms with E-state index in [1.165, 1.54) is 4.90 Å². The van der Waals surface area contributed by atoms with Crippen LogP contribution in [0.5, 0.6) is 5.75 Å². The first-order valence-corrected chi connectivity index (χ1v) is 16.9. The number of hydrogen-bond donors (Lipinski definition) is 2. The third-order valence-electron chi connectivity index (χ3n) is 9.88. The molecule has 3 amide bonds. The van der Waals surface area contributed by atoms with Gasteiger partial charge in [0.2, 0.25) is 11.8 Å². The number of benzene rings is 1. The van der Waals surface area contributed by atoms with Crippen molar-refractivity contribution in [1.29, 1.82) is 0 Å². The number of amides is 3. The zero-order valence-corrected chi connectivity index (χ0v) is 27.4. The zero-order chi connectivity index (χ0) is 32.1. The van der Waals surface area contributed by atoms with E-state index in [2.05, 4.69) is 10.2 Å². The number of piperazine rings is 1. The molecule has 1 aliphatic carbocycles. The Bertz CT molecular complexity index is 1180. The fourth-order valence-electron chi connectivity index (χ4n) is 7.76. The van der Waals surface area contributed by atoms with Crippen LogP contribution in [0.3, 0.4) is 0 Å². The number of nitrogens with one attached hydrogen (secondary N) is 1. The average Bonchev–Trinajstić information content (AvgIpc) is 3.42. The van der Waals surface area contributed by atoms with E-state index in [1.54, 1.807) is 4.90 Å². The number of fused-ring (bicyclic) bond motifs is 2. The quantitative estimate of drug-likeness (QED) is 0.373. The van der Waals surface area contributed by atoms with E-state index in [0.717, 1.165) is 49.8 Å². The van der Waals surface area contributed by atoms with Gasteiger partial charge in [0, 0.05) is 49.8 Å². The van der Waals surface area contributed by atoms with E-state index in [9.17, 15) is 19.5 Å². The van der Waals surface area contributed by atoms with Crippen LogP contribution in [0.2, 0.25) is 0 Å². The monoisotopic (exact) mass is 628 g/mol. The van der Waals surface area contributed by atoms with Crippen LogP contribution in [0.25, 0.3) is 0 Å². The fourth-order valence-corrected chi connectivity index (χ4v) is 7.76. The summed E-state index contributed by atoms with van der Waals surface area (Å²) in [4.78, 5) is 47.3. The second-order valence-corrected chi connectivity index (χ2v) is 13.9. The highest BCUT2D eigenvalue weighted by Gasteiger charge is 2.50. The summed E-state index contributed by atoms with van der Waals surface area (Å²) in [6, 6.07) is 5.92. The third kappa shape index (κ3) is 7.74. The Morgan fingerprint density at radius 1 is 1.07 bits per heavy atom. The molecule has 0 aromatic heterocycles. The van der Waals surface area contributed by atoms with Gasteiger partial charge in [0.25, 0.3) is 0 Å². The largest absolute Gasteiger partial charge is 0.493 e. The van der Waals surface area contributed by atoms with E-state index in [0.29, 0.717) is 52.5 Å². The standard InChI is InChI=1S/C34H52N4O7/c1-5-43-17-18-44-25-19-24-20-37(32(40)30(23-11-7-6-8-12-23)38(33(41)42)34(2,3)4)28(22-36(24)21-25)31(39)35-27-15-16-45-29-14-10-9-13-26(27)29/h9-10,13-14,23-25,27-28,30H,5-8,11-12,15-22H2,1-4H3,(H,35,39)(H,41,42)/t24-,25-,27-,28+,30+/m1/s1. The van der Waals surface area contributed by atoms with Crippen molar-refractivity contribution in [2.75, 3.05) is 46.1 Å². The Kier molecular flexibility index (Phi) is 10.9. The van der Waals surface area contributed by atoms with E-state index >= 15 is 0 Å². The summed E-state index contributed by atoms with van der Waals surface area (Å²) in [5.74, 6) is 0.192. The molecule has 0 spiro atoms. The molecule has 0 radical (unpaired) electrons. The molecule has 11 nitrogen and oxygen atoms in total. The Balaban J connectivity index is 1.43. The summed E-state index contributed by atoms with van der Waals surface area (Å²) in [5, 5.41) is 13.7. The molecule has 3 aliphatic heterocycles. The van der Waals surface area contributed by atoms with Gasteiger partial charge >= 0.3 is 6.09 Å². The Hall–Kier alpha value is -2.89. The van der Waals surface area contributed by atoms with Gasteiger partial charge in [0.15, 0.2) is 0 Å². The maximum atomic E-state index is 14.9. The maximum Gasteiger partial charge on any atom is 0.408 e. The lowest BCUT2D eigenvalue weighted by molar-refractivity contribution is -0.152. The number of carboxylic acid groups (broad SMARTS) is 1. The lowest BCUT2D eigenvalue weighted by Gasteiger charge is -2.48. The number of rotatable bonds is 10. The number of ether oxygens (including phenoxy) is 3. The Morgan fingerprint density at radius 3 is 2.53 bits per heavy atom. The predicted octanol–water partition coefficient (Wildman–Crippen LogP) is 4.06. The van der Waals surface area contributed by atoms with Crippen LogP contribution in [0.4, 0.5) is 4.79 Å². The molecule has 45 heavy (non-hydrogen) atoms. The molecule has 2 saturated heterocycles. The molecule has 11 heteroatoms. The number of para-hydroxylation sites is 1. The number of carbonyl (C=O) groups is 3. The summed E-state index contributed by atoms with van der Waals surface area (Å²) < 4.78 is 17.4. The van der Waals surface area contributed by atoms with Crippen molar-refractivity contribution in [2.24, 2.45) is 5.92 Å². The lowest BCUT2D eigenvalue weighted by atomic mass is 9.81. The Morgan fingerprint density at radius 2 is 1.82 bits per heavy atom. The lowest BCUT2D eigenvalue weighted by Crippen LogP contribution is -2.68. The first-order chi connectivity index (χ1) is 21.6. The van der Waals surface area contributed by atoms with Gasteiger partial charge in [0.1, 0.15) is 17.8 Å². The van der Waals surface area contributed by atoms with Gasteiger partial charge in [-0.1, -0.05) is 37.5 Å². The first-order valence-electron chi connectivity index (χ1n) is 16.9. The van der Waals surface area contributed by atoms with Gasteiger partial charge < -0.3 is 29.5 Å². The molecule has 5 atom stereocenters. The van der Waals surface area contributed by atoms with Gasteiger partial charge in [-0.25, -0.2) is 4.79 Å². The highest BCUT2D eigenvalue weighted by molar-refractivity contribution is 5.92. The van der Waals surface area contributed by atoms with Crippen molar-refractivity contribution in [3.63, 3.8) is 0 Å². The summed E-state index contributed by atoms with van der Waals surface area (Å²) in [6.45, 7) is 11.0. The minimum absolute atomic E-state index is 0.0178. The Labute approximate surface area is 267 Å². The van der Waals surface area contributed by atoms with Gasteiger partial charge in [-0.2, -0.15) is 0 Å². The highest BCUT2D eigenvalue weighted by atomic mass is 16.5. The fraction of sp³-hybridized carbons (Fsp3) is 0.735.